The minimum absolute atomic E-state index is 0.0133. The number of piperidine rings is 1. The Morgan fingerprint density at radius 3 is 2.28 bits per heavy atom. The Kier molecular flexibility index (Phi) is 8.03. The van der Waals surface area contributed by atoms with E-state index in [0.717, 1.165) is 17.5 Å². The highest BCUT2D eigenvalue weighted by Crippen LogP contribution is 2.23. The fourth-order valence-corrected chi connectivity index (χ4v) is 4.12. The molecule has 1 fully saturated rings. The molecule has 1 atom stereocenters. The van der Waals surface area contributed by atoms with Crippen molar-refractivity contribution in [3.05, 3.63) is 70.8 Å². The van der Waals surface area contributed by atoms with Gasteiger partial charge in [-0.3, -0.25) is 14.4 Å². The molecule has 0 spiro atoms. The van der Waals surface area contributed by atoms with E-state index < -0.39 is 6.04 Å². The summed E-state index contributed by atoms with van der Waals surface area (Å²) in [4.78, 5) is 40.5. The van der Waals surface area contributed by atoms with Crippen LogP contribution in [-0.4, -0.2) is 48.3 Å². The summed E-state index contributed by atoms with van der Waals surface area (Å²) < 4.78 is 0. The van der Waals surface area contributed by atoms with Gasteiger partial charge >= 0.3 is 0 Å². The monoisotopic (exact) mass is 435 g/mol. The van der Waals surface area contributed by atoms with Gasteiger partial charge in [-0.2, -0.15) is 0 Å². The summed E-state index contributed by atoms with van der Waals surface area (Å²) in [5.41, 5.74) is 3.24. The third-order valence-electron chi connectivity index (χ3n) is 6.10. The molecule has 0 saturated carbocycles. The first kappa shape index (κ1) is 23.5. The first-order chi connectivity index (χ1) is 15.4. The SMILES string of the molecule is CCCNC(=O)C(NC(=O)c1ccccc1C)C1CCN(C(=O)c2ccc(C)cc2)CC1. The first-order valence-electron chi connectivity index (χ1n) is 11.4. The van der Waals surface area contributed by atoms with E-state index in [2.05, 4.69) is 10.6 Å². The quantitative estimate of drug-likeness (QED) is 0.699. The number of likely N-dealkylation sites (tertiary alicyclic amines) is 1. The van der Waals surface area contributed by atoms with Crippen molar-refractivity contribution in [1.29, 1.82) is 0 Å². The van der Waals surface area contributed by atoms with Crippen LogP contribution < -0.4 is 10.6 Å². The zero-order chi connectivity index (χ0) is 23.1. The summed E-state index contributed by atoms with van der Waals surface area (Å²) in [5, 5.41) is 5.91. The van der Waals surface area contributed by atoms with Crippen LogP contribution in [0.1, 0.15) is 58.0 Å². The molecule has 1 aliphatic heterocycles. The summed E-state index contributed by atoms with van der Waals surface area (Å²) in [6, 6.07) is 14.3. The van der Waals surface area contributed by atoms with Crippen LogP contribution in [0.3, 0.4) is 0 Å². The van der Waals surface area contributed by atoms with Gasteiger partial charge in [0.1, 0.15) is 6.04 Å². The summed E-state index contributed by atoms with van der Waals surface area (Å²) >= 11 is 0. The molecule has 6 nitrogen and oxygen atoms in total. The highest BCUT2D eigenvalue weighted by Gasteiger charge is 2.34. The third-order valence-corrected chi connectivity index (χ3v) is 6.10. The highest BCUT2D eigenvalue weighted by atomic mass is 16.2. The van der Waals surface area contributed by atoms with E-state index in [1.54, 1.807) is 6.07 Å². The van der Waals surface area contributed by atoms with E-state index in [1.165, 1.54) is 0 Å². The Balaban J connectivity index is 1.68. The van der Waals surface area contributed by atoms with Gasteiger partial charge in [0.15, 0.2) is 0 Å². The number of nitrogens with zero attached hydrogens (tertiary/aromatic N) is 1. The number of benzene rings is 2. The summed E-state index contributed by atoms with van der Waals surface area (Å²) in [7, 11) is 0. The van der Waals surface area contributed by atoms with Crippen LogP contribution in [0, 0.1) is 19.8 Å². The van der Waals surface area contributed by atoms with E-state index in [1.807, 2.05) is 68.1 Å². The van der Waals surface area contributed by atoms with E-state index in [4.69, 9.17) is 0 Å². The van der Waals surface area contributed by atoms with Crippen molar-refractivity contribution in [2.75, 3.05) is 19.6 Å². The van der Waals surface area contributed by atoms with Crippen LogP contribution in [0.2, 0.25) is 0 Å². The topological polar surface area (TPSA) is 78.5 Å². The molecule has 0 aromatic heterocycles. The standard InChI is InChI=1S/C26H33N3O3/c1-4-15-27-25(31)23(28-24(30)22-8-6-5-7-19(22)3)20-13-16-29(17-14-20)26(32)21-11-9-18(2)10-12-21/h5-12,20,23H,4,13-17H2,1-3H3,(H,27,31)(H,28,30). The van der Waals surface area contributed by atoms with Gasteiger partial charge in [0.25, 0.3) is 11.8 Å². The van der Waals surface area contributed by atoms with Gasteiger partial charge in [-0.15, -0.1) is 0 Å². The number of hydrogen-bond donors (Lipinski definition) is 2. The highest BCUT2D eigenvalue weighted by molar-refractivity contribution is 5.98. The van der Waals surface area contributed by atoms with Gasteiger partial charge in [-0.25, -0.2) is 0 Å². The number of carbonyl (C=O) groups is 3. The summed E-state index contributed by atoms with van der Waals surface area (Å²) in [6.45, 7) is 7.58. The summed E-state index contributed by atoms with van der Waals surface area (Å²) in [5.74, 6) is -0.406. The lowest BCUT2D eigenvalue weighted by Crippen LogP contribution is -2.54. The molecule has 0 aliphatic carbocycles. The molecule has 1 heterocycles. The summed E-state index contributed by atoms with van der Waals surface area (Å²) in [6.07, 6.45) is 2.15. The van der Waals surface area contributed by atoms with Crippen molar-refractivity contribution >= 4 is 17.7 Å². The van der Waals surface area contributed by atoms with Crippen molar-refractivity contribution in [3.63, 3.8) is 0 Å². The minimum Gasteiger partial charge on any atom is -0.354 e. The molecule has 170 valence electrons. The fourth-order valence-electron chi connectivity index (χ4n) is 4.12. The number of nitrogens with one attached hydrogen (secondary N) is 2. The Morgan fingerprint density at radius 2 is 1.66 bits per heavy atom. The van der Waals surface area contributed by atoms with Crippen LogP contribution in [-0.2, 0) is 4.79 Å². The van der Waals surface area contributed by atoms with Gasteiger partial charge in [0.2, 0.25) is 5.91 Å². The van der Waals surface area contributed by atoms with Gasteiger partial charge in [-0.1, -0.05) is 42.8 Å². The Morgan fingerprint density at radius 1 is 1.00 bits per heavy atom. The van der Waals surface area contributed by atoms with Crippen LogP contribution in [0.25, 0.3) is 0 Å². The maximum Gasteiger partial charge on any atom is 0.253 e. The lowest BCUT2D eigenvalue weighted by molar-refractivity contribution is -0.124. The Labute approximate surface area is 190 Å². The second-order valence-electron chi connectivity index (χ2n) is 8.55. The van der Waals surface area contributed by atoms with Crippen LogP contribution in [0.5, 0.6) is 0 Å². The Bertz CT molecular complexity index is 947. The molecule has 2 N–H and O–H groups in total. The van der Waals surface area contributed by atoms with E-state index >= 15 is 0 Å². The van der Waals surface area contributed by atoms with Gasteiger partial charge < -0.3 is 15.5 Å². The fraction of sp³-hybridized carbons (Fsp3) is 0.423. The number of carbonyl (C=O) groups excluding carboxylic acids is 3. The number of rotatable bonds is 7. The first-order valence-corrected chi connectivity index (χ1v) is 11.4. The zero-order valence-corrected chi connectivity index (χ0v) is 19.2. The molecular weight excluding hydrogens is 402 g/mol. The molecule has 32 heavy (non-hydrogen) atoms. The molecule has 3 rings (SSSR count). The van der Waals surface area contributed by atoms with Crippen LogP contribution in [0.15, 0.2) is 48.5 Å². The number of amides is 3. The predicted octanol–water partition coefficient (Wildman–Crippen LogP) is 3.48. The van der Waals surface area contributed by atoms with Crippen LogP contribution >= 0.6 is 0 Å². The van der Waals surface area contributed by atoms with Crippen molar-refractivity contribution in [2.24, 2.45) is 5.92 Å². The minimum atomic E-state index is -0.620. The molecule has 1 unspecified atom stereocenters. The van der Waals surface area contributed by atoms with E-state index in [0.29, 0.717) is 43.6 Å². The number of aryl methyl sites for hydroxylation is 2. The van der Waals surface area contributed by atoms with E-state index in [-0.39, 0.29) is 23.6 Å². The maximum atomic E-state index is 12.9. The molecule has 3 amide bonds. The second kappa shape index (κ2) is 10.9. The average Bonchev–Trinajstić information content (AvgIpc) is 2.81. The third kappa shape index (κ3) is 5.75. The maximum absolute atomic E-state index is 12.9. The molecular formula is C26H33N3O3. The molecule has 2 aromatic carbocycles. The molecule has 1 saturated heterocycles. The molecule has 6 heteroatoms. The largest absolute Gasteiger partial charge is 0.354 e. The molecule has 1 aliphatic rings. The van der Waals surface area contributed by atoms with Crippen molar-refractivity contribution in [1.82, 2.24) is 15.5 Å². The zero-order valence-electron chi connectivity index (χ0n) is 19.2. The van der Waals surface area contributed by atoms with E-state index in [9.17, 15) is 14.4 Å². The molecule has 2 aromatic rings. The normalized spacial score (nSPS) is 15.2. The van der Waals surface area contributed by atoms with Crippen LogP contribution in [0.4, 0.5) is 0 Å². The van der Waals surface area contributed by atoms with Gasteiger partial charge in [0.05, 0.1) is 0 Å². The van der Waals surface area contributed by atoms with Gasteiger partial charge in [0, 0.05) is 30.8 Å². The predicted molar refractivity (Wildman–Crippen MR) is 126 cm³/mol. The molecule has 0 radical (unpaired) electrons. The van der Waals surface area contributed by atoms with Crippen molar-refractivity contribution < 1.29 is 14.4 Å². The lowest BCUT2D eigenvalue weighted by Gasteiger charge is -2.36. The van der Waals surface area contributed by atoms with Gasteiger partial charge in [-0.05, 0) is 62.8 Å². The average molecular weight is 436 g/mol. The Hall–Kier alpha value is -3.15. The number of hydrogen-bond acceptors (Lipinski definition) is 3. The second-order valence-corrected chi connectivity index (χ2v) is 8.55. The smallest absolute Gasteiger partial charge is 0.253 e. The molecule has 0 bridgehead atoms. The van der Waals surface area contributed by atoms with Crippen molar-refractivity contribution in [2.45, 2.75) is 46.1 Å². The van der Waals surface area contributed by atoms with Crippen molar-refractivity contribution in [3.8, 4) is 0 Å². The lowest BCUT2D eigenvalue weighted by atomic mass is 9.88.